The van der Waals surface area contributed by atoms with Crippen molar-refractivity contribution in [3.63, 3.8) is 0 Å². The first-order chi connectivity index (χ1) is 9.81. The molecule has 2 heterocycles. The summed E-state index contributed by atoms with van der Waals surface area (Å²) in [4.78, 5) is 10.8. The Labute approximate surface area is 119 Å². The Bertz CT molecular complexity index is 538. The zero-order valence-electron chi connectivity index (χ0n) is 11.8. The fraction of sp³-hybridized carbons (Fsp3) is 0.375. The lowest BCUT2D eigenvalue weighted by Crippen LogP contribution is -2.22. The minimum Gasteiger partial charge on any atom is -0.371 e. The van der Waals surface area contributed by atoms with E-state index in [2.05, 4.69) is 51.4 Å². The molecule has 1 aromatic heterocycles. The average molecular weight is 268 g/mol. The number of nitrogens with zero attached hydrogens (tertiary/aromatic N) is 3. The number of benzene rings is 1. The van der Waals surface area contributed by atoms with Gasteiger partial charge >= 0.3 is 0 Å². The molecule has 4 heteroatoms. The van der Waals surface area contributed by atoms with Gasteiger partial charge in [-0.25, -0.2) is 9.97 Å². The molecule has 1 N–H and O–H groups in total. The van der Waals surface area contributed by atoms with E-state index in [0.717, 1.165) is 25.6 Å². The normalized spacial score (nSPS) is 18.2. The smallest absolute Gasteiger partial charge is 0.222 e. The molecule has 1 saturated heterocycles. The van der Waals surface area contributed by atoms with Crippen LogP contribution >= 0.6 is 0 Å². The molecule has 104 valence electrons. The monoisotopic (exact) mass is 268 g/mol. The van der Waals surface area contributed by atoms with Crippen molar-refractivity contribution in [1.29, 1.82) is 0 Å². The molecule has 1 atom stereocenters. The predicted octanol–water partition coefficient (Wildman–Crippen LogP) is 2.72. The third kappa shape index (κ3) is 3.07. The van der Waals surface area contributed by atoms with Crippen molar-refractivity contribution in [2.24, 2.45) is 5.92 Å². The van der Waals surface area contributed by atoms with Crippen LogP contribution in [0.2, 0.25) is 0 Å². The van der Waals surface area contributed by atoms with Crippen molar-refractivity contribution < 1.29 is 0 Å². The minimum atomic E-state index is 0.653. The van der Waals surface area contributed by atoms with Crippen molar-refractivity contribution in [1.82, 2.24) is 9.97 Å². The SMILES string of the molecule is Cc1ccc(N2CC[C@@H](CNc3ncccn3)C2)cc1. The van der Waals surface area contributed by atoms with E-state index in [0.29, 0.717) is 5.92 Å². The fourth-order valence-electron chi connectivity index (χ4n) is 2.62. The van der Waals surface area contributed by atoms with E-state index in [1.807, 2.05) is 6.07 Å². The number of aromatic nitrogens is 2. The van der Waals surface area contributed by atoms with E-state index < -0.39 is 0 Å². The molecule has 0 bridgehead atoms. The Hall–Kier alpha value is -2.10. The minimum absolute atomic E-state index is 0.653. The number of hydrogen-bond acceptors (Lipinski definition) is 4. The number of hydrogen-bond donors (Lipinski definition) is 1. The van der Waals surface area contributed by atoms with Crippen LogP contribution in [-0.4, -0.2) is 29.6 Å². The van der Waals surface area contributed by atoms with Gasteiger partial charge in [0.25, 0.3) is 0 Å². The van der Waals surface area contributed by atoms with Gasteiger partial charge in [-0.2, -0.15) is 0 Å². The summed E-state index contributed by atoms with van der Waals surface area (Å²) < 4.78 is 0. The molecule has 20 heavy (non-hydrogen) atoms. The van der Waals surface area contributed by atoms with Crippen LogP contribution in [0.5, 0.6) is 0 Å². The van der Waals surface area contributed by atoms with E-state index in [1.165, 1.54) is 17.7 Å². The van der Waals surface area contributed by atoms with Crippen LogP contribution in [0, 0.1) is 12.8 Å². The Kier molecular flexibility index (Phi) is 3.81. The molecule has 0 aliphatic carbocycles. The molecule has 1 aromatic carbocycles. The summed E-state index contributed by atoms with van der Waals surface area (Å²) >= 11 is 0. The lowest BCUT2D eigenvalue weighted by molar-refractivity contribution is 0.619. The maximum atomic E-state index is 4.19. The first-order valence-electron chi connectivity index (χ1n) is 7.14. The van der Waals surface area contributed by atoms with Crippen LogP contribution in [0.1, 0.15) is 12.0 Å². The molecule has 0 saturated carbocycles. The van der Waals surface area contributed by atoms with Crippen LogP contribution in [-0.2, 0) is 0 Å². The topological polar surface area (TPSA) is 41.0 Å². The maximum Gasteiger partial charge on any atom is 0.222 e. The van der Waals surface area contributed by atoms with Crippen molar-refractivity contribution in [3.05, 3.63) is 48.3 Å². The van der Waals surface area contributed by atoms with Gasteiger partial charge in [0.2, 0.25) is 5.95 Å². The molecule has 3 rings (SSSR count). The molecule has 0 amide bonds. The number of nitrogens with one attached hydrogen (secondary N) is 1. The zero-order chi connectivity index (χ0) is 13.8. The molecule has 0 unspecified atom stereocenters. The first-order valence-corrected chi connectivity index (χ1v) is 7.14. The van der Waals surface area contributed by atoms with Gasteiger partial charge < -0.3 is 10.2 Å². The van der Waals surface area contributed by atoms with E-state index in [9.17, 15) is 0 Å². The van der Waals surface area contributed by atoms with Crippen LogP contribution < -0.4 is 10.2 Å². The zero-order valence-corrected chi connectivity index (χ0v) is 11.8. The summed E-state index contributed by atoms with van der Waals surface area (Å²) in [5, 5.41) is 3.32. The molecule has 1 aliphatic rings. The van der Waals surface area contributed by atoms with Crippen LogP contribution in [0.4, 0.5) is 11.6 Å². The maximum absolute atomic E-state index is 4.19. The summed E-state index contributed by atoms with van der Waals surface area (Å²) in [6.07, 6.45) is 4.75. The van der Waals surface area contributed by atoms with Crippen LogP contribution in [0.15, 0.2) is 42.7 Å². The summed E-state index contributed by atoms with van der Waals surface area (Å²) in [6.45, 7) is 5.29. The highest BCUT2D eigenvalue weighted by molar-refractivity contribution is 5.48. The number of anilines is 2. The first kappa shape index (κ1) is 12.9. The van der Waals surface area contributed by atoms with Gasteiger partial charge in [0, 0.05) is 37.7 Å². The number of aryl methyl sites for hydroxylation is 1. The van der Waals surface area contributed by atoms with Crippen LogP contribution in [0.3, 0.4) is 0 Å². The molecular formula is C16H20N4. The molecule has 0 spiro atoms. The van der Waals surface area contributed by atoms with E-state index in [4.69, 9.17) is 0 Å². The van der Waals surface area contributed by atoms with Crippen molar-refractivity contribution >= 4 is 11.6 Å². The summed E-state index contributed by atoms with van der Waals surface area (Å²) in [5.41, 5.74) is 2.64. The second-order valence-corrected chi connectivity index (χ2v) is 5.39. The second-order valence-electron chi connectivity index (χ2n) is 5.39. The van der Waals surface area contributed by atoms with Crippen molar-refractivity contribution in [3.8, 4) is 0 Å². The lowest BCUT2D eigenvalue weighted by Gasteiger charge is -2.19. The summed E-state index contributed by atoms with van der Waals surface area (Å²) in [5.74, 6) is 1.38. The highest BCUT2D eigenvalue weighted by Crippen LogP contribution is 2.24. The second kappa shape index (κ2) is 5.90. The molecule has 1 aliphatic heterocycles. The van der Waals surface area contributed by atoms with Gasteiger partial charge in [0.15, 0.2) is 0 Å². The highest BCUT2D eigenvalue weighted by Gasteiger charge is 2.22. The Balaban J connectivity index is 1.53. The summed E-state index contributed by atoms with van der Waals surface area (Å²) in [6, 6.07) is 10.6. The van der Waals surface area contributed by atoms with E-state index in [1.54, 1.807) is 12.4 Å². The van der Waals surface area contributed by atoms with E-state index in [-0.39, 0.29) is 0 Å². The molecule has 4 nitrogen and oxygen atoms in total. The predicted molar refractivity (Wildman–Crippen MR) is 82.0 cm³/mol. The molecule has 1 fully saturated rings. The Morgan fingerprint density at radius 1 is 1.20 bits per heavy atom. The molecule has 2 aromatic rings. The quantitative estimate of drug-likeness (QED) is 0.925. The third-order valence-corrected chi connectivity index (χ3v) is 3.80. The van der Waals surface area contributed by atoms with Gasteiger partial charge in [-0.3, -0.25) is 0 Å². The Morgan fingerprint density at radius 3 is 2.70 bits per heavy atom. The number of rotatable bonds is 4. The van der Waals surface area contributed by atoms with Crippen LogP contribution in [0.25, 0.3) is 0 Å². The van der Waals surface area contributed by atoms with Gasteiger partial charge in [-0.15, -0.1) is 0 Å². The third-order valence-electron chi connectivity index (χ3n) is 3.80. The van der Waals surface area contributed by atoms with Gasteiger partial charge in [0.1, 0.15) is 0 Å². The Morgan fingerprint density at radius 2 is 1.95 bits per heavy atom. The summed E-state index contributed by atoms with van der Waals surface area (Å²) in [7, 11) is 0. The van der Waals surface area contributed by atoms with Gasteiger partial charge in [-0.1, -0.05) is 17.7 Å². The van der Waals surface area contributed by atoms with Gasteiger partial charge in [0.05, 0.1) is 0 Å². The standard InChI is InChI=1S/C16H20N4/c1-13-3-5-15(6-4-13)20-10-7-14(12-20)11-19-16-17-8-2-9-18-16/h2-6,8-9,14H,7,10-12H2,1H3,(H,17,18,19)/t14-/m0/s1. The van der Waals surface area contributed by atoms with E-state index >= 15 is 0 Å². The molecule has 0 radical (unpaired) electrons. The largest absolute Gasteiger partial charge is 0.371 e. The highest BCUT2D eigenvalue weighted by atomic mass is 15.2. The van der Waals surface area contributed by atoms with Crippen molar-refractivity contribution in [2.45, 2.75) is 13.3 Å². The molecular weight excluding hydrogens is 248 g/mol. The van der Waals surface area contributed by atoms with Crippen molar-refractivity contribution in [2.75, 3.05) is 29.9 Å². The average Bonchev–Trinajstić information content (AvgIpc) is 2.96. The van der Waals surface area contributed by atoms with Gasteiger partial charge in [-0.05, 0) is 37.5 Å². The lowest BCUT2D eigenvalue weighted by atomic mass is 10.1. The fourth-order valence-corrected chi connectivity index (χ4v) is 2.62.